The number of unbranched alkanes of at least 4 members (excludes halogenated alkanes) is 3. The Hall–Kier alpha value is -2.98. The molecule has 1 amide bonds. The van der Waals surface area contributed by atoms with E-state index in [1.165, 1.54) is 0 Å². The molecule has 1 aromatic heterocycles. The number of anilines is 1. The molecular weight excluding hydrogens is 490 g/mol. The van der Waals surface area contributed by atoms with Crippen LogP contribution in [0.4, 0.5) is 5.69 Å². The van der Waals surface area contributed by atoms with E-state index in [2.05, 4.69) is 15.6 Å². The van der Waals surface area contributed by atoms with Gasteiger partial charge in [0.15, 0.2) is 0 Å². The van der Waals surface area contributed by atoms with Gasteiger partial charge in [-0.05, 0) is 45.2 Å². The molecule has 37 heavy (non-hydrogen) atoms. The molecule has 202 valence electrons. The molecule has 2 aromatic carbocycles. The van der Waals surface area contributed by atoms with Gasteiger partial charge in [-0.15, -0.1) is 5.10 Å². The van der Waals surface area contributed by atoms with Gasteiger partial charge < -0.3 is 10.2 Å². The minimum atomic E-state index is -3.86. The molecule has 0 fully saturated rings. The standard InChI is InChI=1S/C27H39N5O4S/c1-6-13-26(33)28-27(2,3)25-20-32(30-29-25)18-9-7-8-10-19-36-37(34,35)24-17-12-14-21-22(24)15-11-16-23(21)31(4)5/h11-12,14-17,20H,6-10,13,18-19H2,1-5H3,(H,28,33). The number of nitrogens with one attached hydrogen (secondary N) is 1. The zero-order chi connectivity index (χ0) is 27.1. The van der Waals surface area contributed by atoms with Gasteiger partial charge in [0.2, 0.25) is 5.91 Å². The molecule has 0 radical (unpaired) electrons. The van der Waals surface area contributed by atoms with Gasteiger partial charge in [-0.3, -0.25) is 13.7 Å². The fraction of sp³-hybridized carbons (Fsp3) is 0.519. The summed E-state index contributed by atoms with van der Waals surface area (Å²) in [6.45, 7) is 6.66. The molecular formula is C27H39N5O4S. The molecule has 0 bridgehead atoms. The predicted octanol–water partition coefficient (Wildman–Crippen LogP) is 4.61. The minimum Gasteiger partial charge on any atom is -0.377 e. The van der Waals surface area contributed by atoms with Crippen LogP contribution in [-0.4, -0.2) is 50.0 Å². The molecule has 0 aliphatic rings. The van der Waals surface area contributed by atoms with E-state index >= 15 is 0 Å². The van der Waals surface area contributed by atoms with Crippen LogP contribution in [0.1, 0.15) is 65.0 Å². The number of aromatic nitrogens is 3. The highest BCUT2D eigenvalue weighted by Crippen LogP contribution is 2.31. The number of aryl methyl sites for hydroxylation is 1. The highest BCUT2D eigenvalue weighted by Gasteiger charge is 2.26. The van der Waals surface area contributed by atoms with Crippen molar-refractivity contribution in [3.05, 3.63) is 48.3 Å². The van der Waals surface area contributed by atoms with Gasteiger partial charge in [0.25, 0.3) is 10.1 Å². The maximum Gasteiger partial charge on any atom is 0.297 e. The van der Waals surface area contributed by atoms with Gasteiger partial charge in [-0.2, -0.15) is 8.42 Å². The lowest BCUT2D eigenvalue weighted by atomic mass is 10.0. The lowest BCUT2D eigenvalue weighted by Crippen LogP contribution is -2.41. The van der Waals surface area contributed by atoms with Crippen LogP contribution in [0.15, 0.2) is 47.5 Å². The smallest absolute Gasteiger partial charge is 0.297 e. The highest BCUT2D eigenvalue weighted by molar-refractivity contribution is 7.87. The largest absolute Gasteiger partial charge is 0.377 e. The van der Waals surface area contributed by atoms with Crippen LogP contribution in [0.25, 0.3) is 10.8 Å². The van der Waals surface area contributed by atoms with Crippen molar-refractivity contribution in [2.45, 2.75) is 76.3 Å². The topological polar surface area (TPSA) is 106 Å². The van der Waals surface area contributed by atoms with E-state index in [0.29, 0.717) is 24.8 Å². The Kier molecular flexibility index (Phi) is 9.67. The zero-order valence-corrected chi connectivity index (χ0v) is 23.3. The van der Waals surface area contributed by atoms with Crippen molar-refractivity contribution < 1.29 is 17.4 Å². The van der Waals surface area contributed by atoms with Gasteiger partial charge in [0, 0.05) is 43.5 Å². The average molecular weight is 530 g/mol. The molecule has 0 saturated carbocycles. The summed E-state index contributed by atoms with van der Waals surface area (Å²) in [6.07, 6.45) is 6.44. The molecule has 10 heteroatoms. The monoisotopic (exact) mass is 529 g/mol. The van der Waals surface area contributed by atoms with Crippen molar-refractivity contribution in [2.75, 3.05) is 25.6 Å². The molecule has 3 aromatic rings. The van der Waals surface area contributed by atoms with E-state index < -0.39 is 15.7 Å². The molecule has 0 saturated heterocycles. The van der Waals surface area contributed by atoms with Crippen LogP contribution in [-0.2, 0) is 31.2 Å². The van der Waals surface area contributed by atoms with Crippen LogP contribution in [0, 0.1) is 0 Å². The van der Waals surface area contributed by atoms with Gasteiger partial charge in [-0.25, -0.2) is 0 Å². The lowest BCUT2D eigenvalue weighted by Gasteiger charge is -2.23. The second-order valence-electron chi connectivity index (χ2n) is 10.0. The lowest BCUT2D eigenvalue weighted by molar-refractivity contribution is -0.122. The first-order valence-electron chi connectivity index (χ1n) is 12.9. The summed E-state index contributed by atoms with van der Waals surface area (Å²) in [6, 6.07) is 10.9. The highest BCUT2D eigenvalue weighted by atomic mass is 32.2. The third-order valence-corrected chi connectivity index (χ3v) is 7.61. The zero-order valence-electron chi connectivity index (χ0n) is 22.5. The molecule has 0 aliphatic heterocycles. The Bertz CT molecular complexity index is 1300. The summed E-state index contributed by atoms with van der Waals surface area (Å²) in [5, 5.41) is 13.0. The van der Waals surface area contributed by atoms with E-state index in [-0.39, 0.29) is 17.4 Å². The molecule has 3 rings (SSSR count). The molecule has 0 atom stereocenters. The third-order valence-electron chi connectivity index (χ3n) is 6.24. The number of nitrogens with zero attached hydrogens (tertiary/aromatic N) is 4. The Balaban J connectivity index is 1.45. The number of hydrogen-bond donors (Lipinski definition) is 1. The first-order chi connectivity index (χ1) is 17.5. The molecule has 9 nitrogen and oxygen atoms in total. The molecule has 1 N–H and O–H groups in total. The van der Waals surface area contributed by atoms with Crippen LogP contribution in [0.3, 0.4) is 0 Å². The fourth-order valence-corrected chi connectivity index (χ4v) is 5.39. The Morgan fingerprint density at radius 2 is 1.76 bits per heavy atom. The number of amides is 1. The van der Waals surface area contributed by atoms with Gasteiger partial charge in [0.05, 0.1) is 18.3 Å². The first-order valence-corrected chi connectivity index (χ1v) is 14.3. The van der Waals surface area contributed by atoms with E-state index in [9.17, 15) is 13.2 Å². The van der Waals surface area contributed by atoms with Gasteiger partial charge >= 0.3 is 0 Å². The fourth-order valence-electron chi connectivity index (χ4n) is 4.23. The summed E-state index contributed by atoms with van der Waals surface area (Å²) in [7, 11) is 0.00743. The quantitative estimate of drug-likeness (QED) is 0.240. The summed E-state index contributed by atoms with van der Waals surface area (Å²) < 4.78 is 33.0. The van der Waals surface area contributed by atoms with E-state index in [1.54, 1.807) is 16.8 Å². The maximum absolute atomic E-state index is 12.9. The summed E-state index contributed by atoms with van der Waals surface area (Å²) in [4.78, 5) is 14.1. The Labute approximate surface area is 220 Å². The second-order valence-corrected chi connectivity index (χ2v) is 11.6. The van der Waals surface area contributed by atoms with Crippen molar-refractivity contribution in [1.82, 2.24) is 20.3 Å². The van der Waals surface area contributed by atoms with E-state index in [4.69, 9.17) is 4.18 Å². The number of hydrogen-bond acceptors (Lipinski definition) is 7. The average Bonchev–Trinajstić information content (AvgIpc) is 3.32. The van der Waals surface area contributed by atoms with Crippen LogP contribution in [0.2, 0.25) is 0 Å². The van der Waals surface area contributed by atoms with E-state index in [1.807, 2.05) is 70.2 Å². The predicted molar refractivity (Wildman–Crippen MR) is 146 cm³/mol. The molecule has 0 unspecified atom stereocenters. The second kappa shape index (κ2) is 12.5. The van der Waals surface area contributed by atoms with Crippen molar-refractivity contribution in [2.24, 2.45) is 0 Å². The molecule has 1 heterocycles. The SMILES string of the molecule is CCCC(=O)NC(C)(C)c1cn(CCCCCCOS(=O)(=O)c2cccc3c(N(C)C)cccc23)nn1. The van der Waals surface area contributed by atoms with Crippen molar-refractivity contribution in [1.29, 1.82) is 0 Å². The van der Waals surface area contributed by atoms with Crippen LogP contribution >= 0.6 is 0 Å². The number of benzene rings is 2. The maximum atomic E-state index is 12.9. The third kappa shape index (κ3) is 7.52. The molecule has 0 spiro atoms. The normalized spacial score (nSPS) is 12.1. The van der Waals surface area contributed by atoms with Crippen LogP contribution in [0.5, 0.6) is 0 Å². The van der Waals surface area contributed by atoms with Crippen molar-refractivity contribution in [3.8, 4) is 0 Å². The molecule has 0 aliphatic carbocycles. The van der Waals surface area contributed by atoms with Gasteiger partial charge in [0.1, 0.15) is 10.6 Å². The van der Waals surface area contributed by atoms with Gasteiger partial charge in [-0.1, -0.05) is 49.2 Å². The van der Waals surface area contributed by atoms with Crippen molar-refractivity contribution in [3.63, 3.8) is 0 Å². The number of fused-ring (bicyclic) bond motifs is 1. The summed E-state index contributed by atoms with van der Waals surface area (Å²) >= 11 is 0. The number of carbonyl (C=O) groups excluding carboxylic acids is 1. The van der Waals surface area contributed by atoms with Crippen LogP contribution < -0.4 is 10.2 Å². The van der Waals surface area contributed by atoms with Crippen molar-refractivity contribution >= 4 is 32.5 Å². The summed E-state index contributed by atoms with van der Waals surface area (Å²) in [5.41, 5.74) is 1.10. The number of carbonyl (C=O) groups is 1. The Morgan fingerprint density at radius 3 is 2.49 bits per heavy atom. The minimum absolute atomic E-state index is 0.00467. The number of rotatable bonds is 14. The summed E-state index contributed by atoms with van der Waals surface area (Å²) in [5.74, 6) is 0.00467. The Morgan fingerprint density at radius 1 is 1.05 bits per heavy atom. The van der Waals surface area contributed by atoms with E-state index in [0.717, 1.165) is 42.5 Å². The first kappa shape index (κ1) is 28.6.